The van der Waals surface area contributed by atoms with Crippen molar-refractivity contribution in [2.24, 2.45) is 0 Å². The number of ether oxygens (including phenoxy) is 2. The molecule has 0 aromatic heterocycles. The molecule has 0 aliphatic rings. The highest BCUT2D eigenvalue weighted by Crippen LogP contribution is 2.21. The van der Waals surface area contributed by atoms with Crippen molar-refractivity contribution in [3.63, 3.8) is 0 Å². The summed E-state index contributed by atoms with van der Waals surface area (Å²) in [6.07, 6.45) is 1.48. The van der Waals surface area contributed by atoms with Gasteiger partial charge in [0.1, 0.15) is 5.60 Å². The average Bonchev–Trinajstić information content (AvgIpc) is 2.14. The van der Waals surface area contributed by atoms with Crippen LogP contribution in [0, 0.1) is 0 Å². The van der Waals surface area contributed by atoms with E-state index in [0.29, 0.717) is 18.6 Å². The molecule has 0 radical (unpaired) electrons. The van der Waals surface area contributed by atoms with Crippen molar-refractivity contribution in [3.8, 4) is 0 Å². The van der Waals surface area contributed by atoms with Crippen LogP contribution in [0.4, 0.5) is 0 Å². The van der Waals surface area contributed by atoms with Crippen LogP contribution in [-0.4, -0.2) is 25.3 Å². The first-order chi connectivity index (χ1) is 6.45. The summed E-state index contributed by atoms with van der Waals surface area (Å²) < 4.78 is 10.3. The van der Waals surface area contributed by atoms with E-state index in [-0.39, 0.29) is 5.97 Å². The van der Waals surface area contributed by atoms with Crippen LogP contribution in [0.2, 0.25) is 0 Å². The van der Waals surface area contributed by atoms with Gasteiger partial charge in [0.15, 0.2) is 0 Å². The Kier molecular flexibility index (Phi) is 5.46. The third kappa shape index (κ3) is 4.42. The summed E-state index contributed by atoms with van der Waals surface area (Å²) in [4.78, 5) is 11.3. The molecule has 0 fully saturated rings. The molecule has 3 heteroatoms. The summed E-state index contributed by atoms with van der Waals surface area (Å²) >= 11 is 0. The van der Waals surface area contributed by atoms with Gasteiger partial charge in [0.25, 0.3) is 0 Å². The zero-order valence-electron chi connectivity index (χ0n) is 9.55. The standard InChI is InChI=1S/C11H20O3/c1-6-11(4,7-8-13-5)14-10(12)9(2)3/h2,6-8H2,1,3-5H3. The maximum atomic E-state index is 11.3. The zero-order valence-corrected chi connectivity index (χ0v) is 9.55. The van der Waals surface area contributed by atoms with E-state index >= 15 is 0 Å². The number of hydrogen-bond acceptors (Lipinski definition) is 3. The second kappa shape index (κ2) is 5.81. The third-order valence-electron chi connectivity index (χ3n) is 2.27. The lowest BCUT2D eigenvalue weighted by Gasteiger charge is -2.28. The maximum absolute atomic E-state index is 11.3. The molecule has 0 rings (SSSR count). The molecule has 0 heterocycles. The van der Waals surface area contributed by atoms with Gasteiger partial charge in [0.05, 0.1) is 0 Å². The van der Waals surface area contributed by atoms with E-state index in [0.717, 1.165) is 6.42 Å². The molecule has 0 aromatic rings. The lowest BCUT2D eigenvalue weighted by molar-refractivity contribution is -0.155. The van der Waals surface area contributed by atoms with Crippen LogP contribution in [0.15, 0.2) is 12.2 Å². The van der Waals surface area contributed by atoms with E-state index in [1.54, 1.807) is 14.0 Å². The third-order valence-corrected chi connectivity index (χ3v) is 2.27. The van der Waals surface area contributed by atoms with E-state index < -0.39 is 5.60 Å². The van der Waals surface area contributed by atoms with E-state index in [2.05, 4.69) is 6.58 Å². The highest BCUT2D eigenvalue weighted by Gasteiger charge is 2.26. The van der Waals surface area contributed by atoms with Gasteiger partial charge in [-0.25, -0.2) is 4.79 Å². The van der Waals surface area contributed by atoms with Crippen LogP contribution in [0.5, 0.6) is 0 Å². The quantitative estimate of drug-likeness (QED) is 0.487. The largest absolute Gasteiger partial charge is 0.456 e. The zero-order chi connectivity index (χ0) is 11.2. The average molecular weight is 200 g/mol. The predicted molar refractivity (Wildman–Crippen MR) is 56.1 cm³/mol. The predicted octanol–water partition coefficient (Wildman–Crippen LogP) is 2.31. The van der Waals surface area contributed by atoms with Crippen molar-refractivity contribution < 1.29 is 14.3 Å². The summed E-state index contributed by atoms with van der Waals surface area (Å²) in [7, 11) is 1.64. The highest BCUT2D eigenvalue weighted by atomic mass is 16.6. The van der Waals surface area contributed by atoms with Gasteiger partial charge in [0, 0.05) is 25.7 Å². The monoisotopic (exact) mass is 200 g/mol. The van der Waals surface area contributed by atoms with Crippen LogP contribution in [0.25, 0.3) is 0 Å². The Morgan fingerprint density at radius 3 is 2.43 bits per heavy atom. The van der Waals surface area contributed by atoms with Crippen LogP contribution < -0.4 is 0 Å². The Morgan fingerprint density at radius 1 is 1.50 bits per heavy atom. The fourth-order valence-corrected chi connectivity index (χ4v) is 0.929. The number of methoxy groups -OCH3 is 1. The van der Waals surface area contributed by atoms with Gasteiger partial charge in [-0.1, -0.05) is 13.5 Å². The van der Waals surface area contributed by atoms with Crippen molar-refractivity contribution in [3.05, 3.63) is 12.2 Å². The lowest BCUT2D eigenvalue weighted by Crippen LogP contribution is -2.32. The second-order valence-corrected chi connectivity index (χ2v) is 3.72. The minimum Gasteiger partial charge on any atom is -0.456 e. The van der Waals surface area contributed by atoms with Crippen molar-refractivity contribution in [2.75, 3.05) is 13.7 Å². The molecule has 0 saturated carbocycles. The Balaban J connectivity index is 4.24. The minimum atomic E-state index is -0.438. The van der Waals surface area contributed by atoms with Crippen molar-refractivity contribution in [1.29, 1.82) is 0 Å². The van der Waals surface area contributed by atoms with Gasteiger partial charge in [0.2, 0.25) is 0 Å². The van der Waals surface area contributed by atoms with E-state index in [1.807, 2.05) is 13.8 Å². The van der Waals surface area contributed by atoms with Crippen molar-refractivity contribution in [1.82, 2.24) is 0 Å². The fourth-order valence-electron chi connectivity index (χ4n) is 0.929. The lowest BCUT2D eigenvalue weighted by atomic mass is 9.99. The van der Waals surface area contributed by atoms with Gasteiger partial charge >= 0.3 is 5.97 Å². The molecule has 82 valence electrons. The molecule has 14 heavy (non-hydrogen) atoms. The Labute approximate surface area is 86.1 Å². The SMILES string of the molecule is C=C(C)C(=O)OC(C)(CC)CCOC. The van der Waals surface area contributed by atoms with E-state index in [4.69, 9.17) is 9.47 Å². The number of rotatable bonds is 6. The summed E-state index contributed by atoms with van der Waals surface area (Å²) in [6, 6.07) is 0. The molecule has 0 aromatic carbocycles. The summed E-state index contributed by atoms with van der Waals surface area (Å²) in [5.41, 5.74) is -0.00596. The van der Waals surface area contributed by atoms with E-state index in [9.17, 15) is 4.79 Å². The molecule has 1 atom stereocenters. The number of carbonyl (C=O) groups is 1. The topological polar surface area (TPSA) is 35.5 Å². The first-order valence-electron chi connectivity index (χ1n) is 4.83. The normalized spacial score (nSPS) is 14.6. The van der Waals surface area contributed by atoms with Crippen LogP contribution in [0.1, 0.15) is 33.6 Å². The second-order valence-electron chi connectivity index (χ2n) is 3.72. The van der Waals surface area contributed by atoms with Gasteiger partial charge in [-0.2, -0.15) is 0 Å². The Hall–Kier alpha value is -0.830. The summed E-state index contributed by atoms with van der Waals surface area (Å²) in [5.74, 6) is -0.328. The van der Waals surface area contributed by atoms with Gasteiger partial charge in [-0.05, 0) is 20.3 Å². The molecule has 0 spiro atoms. The first-order valence-corrected chi connectivity index (χ1v) is 4.83. The molecule has 0 aliphatic carbocycles. The molecular formula is C11H20O3. The molecule has 1 unspecified atom stereocenters. The number of hydrogen-bond donors (Lipinski definition) is 0. The number of carbonyl (C=O) groups excluding carboxylic acids is 1. The van der Waals surface area contributed by atoms with Crippen molar-refractivity contribution in [2.45, 2.75) is 39.2 Å². The molecular weight excluding hydrogens is 180 g/mol. The van der Waals surface area contributed by atoms with Crippen LogP contribution in [0.3, 0.4) is 0 Å². The summed E-state index contributed by atoms with van der Waals surface area (Å²) in [5, 5.41) is 0. The molecule has 0 bridgehead atoms. The number of esters is 1. The summed E-state index contributed by atoms with van der Waals surface area (Å²) in [6.45, 7) is 9.68. The molecule has 0 aliphatic heterocycles. The fraction of sp³-hybridized carbons (Fsp3) is 0.727. The molecule has 0 amide bonds. The minimum absolute atomic E-state index is 0.328. The van der Waals surface area contributed by atoms with Gasteiger partial charge in [-0.15, -0.1) is 0 Å². The first kappa shape index (κ1) is 13.2. The van der Waals surface area contributed by atoms with Gasteiger partial charge < -0.3 is 9.47 Å². The van der Waals surface area contributed by atoms with Crippen molar-refractivity contribution >= 4 is 5.97 Å². The highest BCUT2D eigenvalue weighted by molar-refractivity contribution is 5.87. The van der Waals surface area contributed by atoms with E-state index in [1.165, 1.54) is 0 Å². The molecule has 3 nitrogen and oxygen atoms in total. The maximum Gasteiger partial charge on any atom is 0.333 e. The molecule has 0 N–H and O–H groups in total. The van der Waals surface area contributed by atoms with Crippen LogP contribution >= 0.6 is 0 Å². The van der Waals surface area contributed by atoms with Gasteiger partial charge in [-0.3, -0.25) is 0 Å². The Morgan fingerprint density at radius 2 is 2.07 bits per heavy atom. The molecule has 0 saturated heterocycles. The van der Waals surface area contributed by atoms with Crippen LogP contribution in [-0.2, 0) is 14.3 Å². The Bertz CT molecular complexity index is 211. The smallest absolute Gasteiger partial charge is 0.333 e.